The third-order valence-electron chi connectivity index (χ3n) is 5.26. The first-order valence-corrected chi connectivity index (χ1v) is 10.8. The van der Waals surface area contributed by atoms with Crippen molar-refractivity contribution in [3.8, 4) is 34.7 Å². The maximum absolute atomic E-state index is 10.8. The third-order valence-corrected chi connectivity index (χ3v) is 5.26. The second-order valence-corrected chi connectivity index (χ2v) is 7.60. The number of nitrogens with zero attached hydrogens (tertiary/aromatic N) is 3. The van der Waals surface area contributed by atoms with Crippen molar-refractivity contribution >= 4 is 17.8 Å². The van der Waals surface area contributed by atoms with E-state index in [1.165, 1.54) is 24.7 Å². The highest BCUT2D eigenvalue weighted by Gasteiger charge is 2.26. The quantitative estimate of drug-likeness (QED) is 0.134. The molecule has 0 aliphatic heterocycles. The SMILES string of the molecule is N#Cc1c(N=Cc2cccc(OCc3ccc([N+](=O)[O-])cc3)c2)oc(-c2ccco2)c1-c1ccco1. The lowest BCUT2D eigenvalue weighted by Crippen LogP contribution is -1.96. The van der Waals surface area contributed by atoms with E-state index in [1.54, 1.807) is 54.7 Å². The highest BCUT2D eigenvalue weighted by Crippen LogP contribution is 2.42. The fourth-order valence-corrected chi connectivity index (χ4v) is 3.55. The van der Waals surface area contributed by atoms with Crippen LogP contribution in [0.5, 0.6) is 5.75 Å². The Hall–Kier alpha value is -5.36. The standard InChI is InChI=1S/C27H17N3O6/c28-15-22-25(23-6-2-12-33-23)26(24-7-3-13-34-24)36-27(22)29-16-19-4-1-5-21(14-19)35-17-18-8-10-20(11-9-18)30(31)32/h1-14,16H,17H2. The van der Waals surface area contributed by atoms with Gasteiger partial charge < -0.3 is 18.0 Å². The highest BCUT2D eigenvalue weighted by atomic mass is 16.6. The molecule has 0 aliphatic rings. The van der Waals surface area contributed by atoms with Gasteiger partial charge in [-0.15, -0.1) is 0 Å². The summed E-state index contributed by atoms with van der Waals surface area (Å²) in [7, 11) is 0. The van der Waals surface area contributed by atoms with Gasteiger partial charge in [-0.25, -0.2) is 4.99 Å². The van der Waals surface area contributed by atoms with Crippen molar-refractivity contribution in [3.63, 3.8) is 0 Å². The van der Waals surface area contributed by atoms with Gasteiger partial charge in [0.2, 0.25) is 5.88 Å². The molecule has 0 saturated carbocycles. The molecule has 5 aromatic rings. The Morgan fingerprint density at radius 1 is 1.00 bits per heavy atom. The molecule has 36 heavy (non-hydrogen) atoms. The number of rotatable bonds is 8. The molecule has 0 bridgehead atoms. The van der Waals surface area contributed by atoms with Gasteiger partial charge in [0.1, 0.15) is 29.7 Å². The molecule has 0 saturated heterocycles. The van der Waals surface area contributed by atoms with Crippen LogP contribution in [0.4, 0.5) is 11.6 Å². The Balaban J connectivity index is 1.38. The average Bonchev–Trinajstić information content (AvgIpc) is 3.67. The van der Waals surface area contributed by atoms with Crippen molar-refractivity contribution < 1.29 is 22.9 Å². The van der Waals surface area contributed by atoms with Gasteiger partial charge in [-0.1, -0.05) is 12.1 Å². The molecule has 9 heteroatoms. The topological polar surface area (TPSA) is 128 Å². The van der Waals surface area contributed by atoms with Crippen LogP contribution in [0.3, 0.4) is 0 Å². The molecule has 0 amide bonds. The van der Waals surface area contributed by atoms with Crippen LogP contribution in [-0.4, -0.2) is 11.1 Å². The molecule has 9 nitrogen and oxygen atoms in total. The predicted molar refractivity (Wildman–Crippen MR) is 130 cm³/mol. The van der Waals surface area contributed by atoms with Crippen LogP contribution in [0, 0.1) is 21.4 Å². The molecular formula is C27H17N3O6. The van der Waals surface area contributed by atoms with Gasteiger partial charge in [-0.05, 0) is 59.7 Å². The molecule has 0 fully saturated rings. The van der Waals surface area contributed by atoms with Crippen molar-refractivity contribution in [3.05, 3.63) is 112 Å². The second-order valence-electron chi connectivity index (χ2n) is 7.60. The van der Waals surface area contributed by atoms with Gasteiger partial charge >= 0.3 is 0 Å². The van der Waals surface area contributed by atoms with Crippen molar-refractivity contribution in [2.24, 2.45) is 4.99 Å². The predicted octanol–water partition coefficient (Wildman–Crippen LogP) is 6.91. The number of nitro groups is 1. The molecule has 0 N–H and O–H groups in total. The van der Waals surface area contributed by atoms with Gasteiger partial charge in [0.05, 0.1) is 23.0 Å². The monoisotopic (exact) mass is 479 g/mol. The number of hydrogen-bond donors (Lipinski definition) is 0. The molecule has 0 unspecified atom stereocenters. The summed E-state index contributed by atoms with van der Waals surface area (Å²) in [6.45, 7) is 0.244. The summed E-state index contributed by atoms with van der Waals surface area (Å²) in [5.74, 6) is 1.96. The molecule has 176 valence electrons. The molecule has 3 aromatic heterocycles. The zero-order valence-electron chi connectivity index (χ0n) is 18.7. The number of nitro benzene ring substituents is 1. The largest absolute Gasteiger partial charge is 0.489 e. The summed E-state index contributed by atoms with van der Waals surface area (Å²) in [6.07, 6.45) is 4.59. The summed E-state index contributed by atoms with van der Waals surface area (Å²) in [4.78, 5) is 14.8. The molecule has 0 atom stereocenters. The number of nitriles is 1. The summed E-state index contributed by atoms with van der Waals surface area (Å²) in [6, 6.07) is 22.4. The summed E-state index contributed by atoms with van der Waals surface area (Å²) in [5, 5.41) is 20.7. The van der Waals surface area contributed by atoms with Gasteiger partial charge in [0.15, 0.2) is 11.5 Å². The molecule has 5 rings (SSSR count). The van der Waals surface area contributed by atoms with E-state index in [2.05, 4.69) is 11.1 Å². The van der Waals surface area contributed by atoms with E-state index in [0.717, 1.165) is 11.1 Å². The minimum atomic E-state index is -0.445. The lowest BCUT2D eigenvalue weighted by Gasteiger charge is -2.06. The Morgan fingerprint density at radius 2 is 1.75 bits per heavy atom. The van der Waals surface area contributed by atoms with Crippen molar-refractivity contribution in [1.29, 1.82) is 5.26 Å². The van der Waals surface area contributed by atoms with Crippen LogP contribution in [0.1, 0.15) is 16.7 Å². The number of furan rings is 3. The lowest BCUT2D eigenvalue weighted by molar-refractivity contribution is -0.384. The molecule has 2 aromatic carbocycles. The molecular weight excluding hydrogens is 462 g/mol. The molecule has 0 spiro atoms. The van der Waals surface area contributed by atoms with Crippen LogP contribution in [0.15, 0.2) is 104 Å². The molecule has 3 heterocycles. The number of non-ortho nitro benzene ring substituents is 1. The van der Waals surface area contributed by atoms with Crippen molar-refractivity contribution in [1.82, 2.24) is 0 Å². The van der Waals surface area contributed by atoms with Gasteiger partial charge in [0.25, 0.3) is 5.69 Å². The third kappa shape index (κ3) is 4.64. The Morgan fingerprint density at radius 3 is 2.42 bits per heavy atom. The molecule has 0 aliphatic carbocycles. The van der Waals surface area contributed by atoms with Crippen LogP contribution in [0.25, 0.3) is 22.8 Å². The van der Waals surface area contributed by atoms with E-state index >= 15 is 0 Å². The maximum Gasteiger partial charge on any atom is 0.269 e. The zero-order chi connectivity index (χ0) is 24.9. The zero-order valence-corrected chi connectivity index (χ0v) is 18.7. The van der Waals surface area contributed by atoms with Crippen LogP contribution in [0.2, 0.25) is 0 Å². The van der Waals surface area contributed by atoms with E-state index < -0.39 is 4.92 Å². The Bertz CT molecular complexity index is 1560. The second kappa shape index (κ2) is 9.87. The van der Waals surface area contributed by atoms with E-state index in [-0.39, 0.29) is 23.7 Å². The summed E-state index contributed by atoms with van der Waals surface area (Å²) in [5.41, 5.74) is 2.22. The van der Waals surface area contributed by atoms with Gasteiger partial charge in [-0.3, -0.25) is 10.1 Å². The van der Waals surface area contributed by atoms with E-state index in [1.807, 2.05) is 12.1 Å². The smallest absolute Gasteiger partial charge is 0.269 e. The van der Waals surface area contributed by atoms with E-state index in [0.29, 0.717) is 28.6 Å². The fourth-order valence-electron chi connectivity index (χ4n) is 3.55. The number of hydrogen-bond acceptors (Lipinski definition) is 8. The van der Waals surface area contributed by atoms with E-state index in [4.69, 9.17) is 18.0 Å². The number of benzene rings is 2. The van der Waals surface area contributed by atoms with Crippen LogP contribution < -0.4 is 4.74 Å². The van der Waals surface area contributed by atoms with Gasteiger partial charge in [0, 0.05) is 18.3 Å². The van der Waals surface area contributed by atoms with E-state index in [9.17, 15) is 15.4 Å². The van der Waals surface area contributed by atoms with Crippen molar-refractivity contribution in [2.45, 2.75) is 6.61 Å². The normalized spacial score (nSPS) is 11.0. The maximum atomic E-state index is 10.8. The van der Waals surface area contributed by atoms with Gasteiger partial charge in [-0.2, -0.15) is 5.26 Å². The van der Waals surface area contributed by atoms with Crippen LogP contribution >= 0.6 is 0 Å². The first-order chi connectivity index (χ1) is 17.6. The average molecular weight is 479 g/mol. The first kappa shape index (κ1) is 22.4. The van der Waals surface area contributed by atoms with Crippen molar-refractivity contribution in [2.75, 3.05) is 0 Å². The lowest BCUT2D eigenvalue weighted by atomic mass is 10.1. The minimum absolute atomic E-state index is 0.0250. The summed E-state index contributed by atoms with van der Waals surface area (Å²) < 4.78 is 22.8. The first-order valence-electron chi connectivity index (χ1n) is 10.8. The van der Waals surface area contributed by atoms with Crippen LogP contribution in [-0.2, 0) is 6.61 Å². The fraction of sp³-hybridized carbons (Fsp3) is 0.0370. The Kier molecular flexibility index (Phi) is 6.15. The summed E-state index contributed by atoms with van der Waals surface area (Å²) >= 11 is 0. The minimum Gasteiger partial charge on any atom is -0.489 e. The number of ether oxygens (including phenoxy) is 1. The number of aliphatic imine (C=N–C) groups is 1. The highest BCUT2D eigenvalue weighted by molar-refractivity contribution is 5.87. The Labute approximate surface area is 204 Å². The molecule has 0 radical (unpaired) electrons.